The molecular formula is C30H36BrN3O4S. The number of aryl methyl sites for hydroxylation is 2. The van der Waals surface area contributed by atoms with E-state index in [4.69, 9.17) is 0 Å². The number of carbonyl (C=O) groups is 2. The van der Waals surface area contributed by atoms with Crippen LogP contribution in [0.5, 0.6) is 0 Å². The maximum absolute atomic E-state index is 14.0. The van der Waals surface area contributed by atoms with Crippen molar-refractivity contribution in [2.24, 2.45) is 0 Å². The van der Waals surface area contributed by atoms with Crippen molar-refractivity contribution >= 4 is 43.5 Å². The van der Waals surface area contributed by atoms with Crippen molar-refractivity contribution in [3.05, 3.63) is 94.0 Å². The topological polar surface area (TPSA) is 86.8 Å². The zero-order valence-corrected chi connectivity index (χ0v) is 25.6. The van der Waals surface area contributed by atoms with E-state index in [1.54, 1.807) is 37.3 Å². The maximum atomic E-state index is 14.0. The van der Waals surface area contributed by atoms with Crippen molar-refractivity contribution in [3.8, 4) is 0 Å². The van der Waals surface area contributed by atoms with Gasteiger partial charge in [-0.25, -0.2) is 8.42 Å². The van der Waals surface area contributed by atoms with Gasteiger partial charge in [0.15, 0.2) is 0 Å². The molecule has 0 aliphatic rings. The molecule has 0 aromatic heterocycles. The second kappa shape index (κ2) is 12.3. The normalized spacial score (nSPS) is 12.5. The summed E-state index contributed by atoms with van der Waals surface area (Å²) in [5.74, 6) is -0.821. The monoisotopic (exact) mass is 613 g/mol. The van der Waals surface area contributed by atoms with Crippen molar-refractivity contribution in [3.63, 3.8) is 0 Å². The molecule has 3 rings (SSSR count). The number of rotatable bonds is 9. The fourth-order valence-corrected chi connectivity index (χ4v) is 5.89. The molecule has 208 valence electrons. The summed E-state index contributed by atoms with van der Waals surface area (Å²) in [7, 11) is -4.09. The van der Waals surface area contributed by atoms with Crippen molar-refractivity contribution in [1.82, 2.24) is 10.2 Å². The van der Waals surface area contributed by atoms with Crippen LogP contribution in [0.25, 0.3) is 0 Å². The molecule has 0 bridgehead atoms. The van der Waals surface area contributed by atoms with Gasteiger partial charge in [0.2, 0.25) is 11.8 Å². The number of nitrogens with one attached hydrogen (secondary N) is 1. The molecule has 0 fully saturated rings. The first-order valence-electron chi connectivity index (χ1n) is 12.7. The summed E-state index contributed by atoms with van der Waals surface area (Å²) >= 11 is 3.46. The van der Waals surface area contributed by atoms with Gasteiger partial charge in [-0.05, 0) is 89.1 Å². The molecule has 1 atom stereocenters. The Balaban J connectivity index is 2.04. The smallest absolute Gasteiger partial charge is 0.264 e. The van der Waals surface area contributed by atoms with E-state index < -0.39 is 34.1 Å². The Morgan fingerprint density at radius 2 is 1.56 bits per heavy atom. The largest absolute Gasteiger partial charge is 0.350 e. The van der Waals surface area contributed by atoms with Crippen LogP contribution in [0.3, 0.4) is 0 Å². The van der Waals surface area contributed by atoms with Crippen LogP contribution in [0.4, 0.5) is 5.69 Å². The molecule has 0 spiro atoms. The molecule has 0 radical (unpaired) electrons. The van der Waals surface area contributed by atoms with E-state index in [9.17, 15) is 18.0 Å². The third-order valence-corrected chi connectivity index (χ3v) is 8.37. The first-order chi connectivity index (χ1) is 18.2. The number of sulfonamides is 1. The molecule has 7 nitrogen and oxygen atoms in total. The summed E-state index contributed by atoms with van der Waals surface area (Å²) in [6.07, 6.45) is 0. The Labute approximate surface area is 240 Å². The molecule has 0 saturated carbocycles. The highest BCUT2D eigenvalue weighted by Gasteiger charge is 2.33. The average molecular weight is 615 g/mol. The molecule has 39 heavy (non-hydrogen) atoms. The summed E-state index contributed by atoms with van der Waals surface area (Å²) in [5.41, 5.74) is 2.45. The molecule has 1 unspecified atom stereocenters. The molecule has 0 saturated heterocycles. The van der Waals surface area contributed by atoms with Gasteiger partial charge >= 0.3 is 0 Å². The van der Waals surface area contributed by atoms with Crippen molar-refractivity contribution in [2.75, 3.05) is 10.8 Å². The quantitative estimate of drug-likeness (QED) is 0.341. The second-order valence-corrected chi connectivity index (χ2v) is 13.5. The molecule has 2 amide bonds. The Kier molecular flexibility index (Phi) is 9.61. The molecule has 3 aromatic rings. The zero-order valence-electron chi connectivity index (χ0n) is 23.2. The van der Waals surface area contributed by atoms with Gasteiger partial charge in [-0.1, -0.05) is 57.9 Å². The first kappa shape index (κ1) is 30.4. The minimum absolute atomic E-state index is 0.0828. The Morgan fingerprint density at radius 3 is 2.15 bits per heavy atom. The van der Waals surface area contributed by atoms with Gasteiger partial charge < -0.3 is 10.2 Å². The highest BCUT2D eigenvalue weighted by atomic mass is 79.9. The standard InChI is InChI=1S/C30H36BrN3O4S/c1-21-13-15-27(16-14-21)39(37,38)34(26-12-7-9-22(2)17-26)20-28(35)33(19-24-10-8-11-25(31)18-24)23(3)29(36)32-30(4,5)6/h7-18,23H,19-20H2,1-6H3,(H,32,36). The Morgan fingerprint density at radius 1 is 0.923 bits per heavy atom. The number of benzene rings is 3. The van der Waals surface area contributed by atoms with Gasteiger partial charge in [0, 0.05) is 16.6 Å². The van der Waals surface area contributed by atoms with Gasteiger partial charge in [0.05, 0.1) is 10.6 Å². The van der Waals surface area contributed by atoms with Gasteiger partial charge in [-0.3, -0.25) is 13.9 Å². The molecule has 9 heteroatoms. The van der Waals surface area contributed by atoms with E-state index in [-0.39, 0.29) is 17.3 Å². The number of amides is 2. The maximum Gasteiger partial charge on any atom is 0.264 e. The summed E-state index contributed by atoms with van der Waals surface area (Å²) in [4.78, 5) is 28.6. The minimum Gasteiger partial charge on any atom is -0.350 e. The van der Waals surface area contributed by atoms with Crippen LogP contribution < -0.4 is 9.62 Å². The van der Waals surface area contributed by atoms with Crippen molar-refractivity contribution in [1.29, 1.82) is 0 Å². The fourth-order valence-electron chi connectivity index (χ4n) is 4.04. The van der Waals surface area contributed by atoms with Crippen molar-refractivity contribution < 1.29 is 18.0 Å². The number of nitrogens with zero attached hydrogens (tertiary/aromatic N) is 2. The number of hydrogen-bond acceptors (Lipinski definition) is 4. The molecule has 3 aromatic carbocycles. The molecule has 1 N–H and O–H groups in total. The predicted molar refractivity (Wildman–Crippen MR) is 159 cm³/mol. The highest BCUT2D eigenvalue weighted by Crippen LogP contribution is 2.26. The van der Waals surface area contributed by atoms with E-state index in [1.165, 1.54) is 17.0 Å². The van der Waals surface area contributed by atoms with Crippen LogP contribution in [-0.4, -0.2) is 43.3 Å². The lowest BCUT2D eigenvalue weighted by atomic mass is 10.1. The Hall–Kier alpha value is -3.17. The third-order valence-electron chi connectivity index (χ3n) is 6.08. The van der Waals surface area contributed by atoms with Crippen LogP contribution in [0.2, 0.25) is 0 Å². The van der Waals surface area contributed by atoms with Crippen LogP contribution >= 0.6 is 15.9 Å². The lowest BCUT2D eigenvalue weighted by Crippen LogP contribution is -2.54. The van der Waals surface area contributed by atoms with Crippen molar-refractivity contribution in [2.45, 2.75) is 64.6 Å². The summed E-state index contributed by atoms with van der Waals surface area (Å²) in [6, 6.07) is 20.1. The Bertz CT molecular complexity index is 1430. The van der Waals surface area contributed by atoms with Gasteiger partial charge in [-0.15, -0.1) is 0 Å². The van der Waals surface area contributed by atoms with Crippen LogP contribution in [0, 0.1) is 13.8 Å². The number of carbonyl (C=O) groups excluding carboxylic acids is 2. The third kappa shape index (κ3) is 8.16. The van der Waals surface area contributed by atoms with E-state index in [0.29, 0.717) is 5.69 Å². The summed E-state index contributed by atoms with van der Waals surface area (Å²) in [5, 5.41) is 2.93. The molecule has 0 aliphatic heterocycles. The highest BCUT2D eigenvalue weighted by molar-refractivity contribution is 9.10. The molecule has 0 heterocycles. The average Bonchev–Trinajstić information content (AvgIpc) is 2.84. The number of hydrogen-bond donors (Lipinski definition) is 1. The molecule has 0 aliphatic carbocycles. The van der Waals surface area contributed by atoms with E-state index in [1.807, 2.05) is 65.0 Å². The van der Waals surface area contributed by atoms with Gasteiger partial charge in [0.25, 0.3) is 10.0 Å². The number of halogens is 1. The zero-order chi connectivity index (χ0) is 29.0. The fraction of sp³-hybridized carbons (Fsp3) is 0.333. The summed E-state index contributed by atoms with van der Waals surface area (Å²) in [6.45, 7) is 10.7. The van der Waals surface area contributed by atoms with E-state index >= 15 is 0 Å². The van der Waals surface area contributed by atoms with Crippen LogP contribution in [0.1, 0.15) is 44.4 Å². The lowest BCUT2D eigenvalue weighted by molar-refractivity contribution is -0.140. The van der Waals surface area contributed by atoms with Crippen LogP contribution in [0.15, 0.2) is 82.2 Å². The van der Waals surface area contributed by atoms with Gasteiger partial charge in [-0.2, -0.15) is 0 Å². The molecular weight excluding hydrogens is 578 g/mol. The van der Waals surface area contributed by atoms with E-state index in [0.717, 1.165) is 25.5 Å². The van der Waals surface area contributed by atoms with Crippen LogP contribution in [-0.2, 0) is 26.2 Å². The van der Waals surface area contributed by atoms with E-state index in [2.05, 4.69) is 21.2 Å². The second-order valence-electron chi connectivity index (χ2n) is 10.7. The SMILES string of the molecule is Cc1ccc(S(=O)(=O)N(CC(=O)N(Cc2cccc(Br)c2)C(C)C(=O)NC(C)(C)C)c2cccc(C)c2)cc1. The number of anilines is 1. The predicted octanol–water partition coefficient (Wildman–Crippen LogP) is 5.59. The lowest BCUT2D eigenvalue weighted by Gasteiger charge is -2.33. The summed E-state index contributed by atoms with van der Waals surface area (Å²) < 4.78 is 29.7. The first-order valence-corrected chi connectivity index (χ1v) is 14.9. The van der Waals surface area contributed by atoms with Gasteiger partial charge in [0.1, 0.15) is 12.6 Å². The minimum atomic E-state index is -4.09.